The monoisotopic (exact) mass is 249 g/mol. The molecule has 6 heteroatoms. The Morgan fingerprint density at radius 1 is 1.41 bits per heavy atom. The van der Waals surface area contributed by atoms with Crippen molar-refractivity contribution in [3.05, 3.63) is 46.8 Å². The van der Waals surface area contributed by atoms with Crippen LogP contribution in [-0.4, -0.2) is 14.7 Å². The average Bonchev–Trinajstić information content (AvgIpc) is 2.90. The number of halogens is 1. The van der Waals surface area contributed by atoms with Crippen LogP contribution in [0.4, 0.5) is 4.39 Å². The predicted octanol–water partition coefficient (Wildman–Crippen LogP) is 2.87. The second kappa shape index (κ2) is 3.81. The first-order chi connectivity index (χ1) is 8.24. The molecule has 0 atom stereocenters. The van der Waals surface area contributed by atoms with Crippen LogP contribution in [0, 0.1) is 10.6 Å². The van der Waals surface area contributed by atoms with Crippen LogP contribution in [-0.2, 0) is 6.54 Å². The van der Waals surface area contributed by atoms with E-state index in [9.17, 15) is 4.39 Å². The number of hydrogen-bond donors (Lipinski definition) is 1. The molecule has 3 aromatic rings. The molecule has 2 aromatic heterocycles. The zero-order valence-corrected chi connectivity index (χ0v) is 9.50. The lowest BCUT2D eigenvalue weighted by Crippen LogP contribution is -1.98. The van der Waals surface area contributed by atoms with Crippen molar-refractivity contribution >= 4 is 23.3 Å². The Labute approximate surface area is 101 Å². The molecule has 0 aliphatic carbocycles. The van der Waals surface area contributed by atoms with Gasteiger partial charge < -0.3 is 14.1 Å². The minimum atomic E-state index is -0.294. The highest BCUT2D eigenvalue weighted by Gasteiger charge is 2.07. The molecule has 17 heavy (non-hydrogen) atoms. The number of aromatic amines is 1. The van der Waals surface area contributed by atoms with Crippen LogP contribution in [0.5, 0.6) is 0 Å². The van der Waals surface area contributed by atoms with Gasteiger partial charge in [-0.1, -0.05) is 5.16 Å². The number of nitrogens with zero attached hydrogens (tertiary/aromatic N) is 2. The molecule has 0 bridgehead atoms. The largest absolute Gasteiger partial charge is 0.359 e. The van der Waals surface area contributed by atoms with Crippen molar-refractivity contribution in [3.63, 3.8) is 0 Å². The van der Waals surface area contributed by atoms with Crippen LogP contribution in [0.25, 0.3) is 11.0 Å². The van der Waals surface area contributed by atoms with E-state index in [2.05, 4.69) is 10.1 Å². The van der Waals surface area contributed by atoms with Crippen molar-refractivity contribution in [1.29, 1.82) is 0 Å². The van der Waals surface area contributed by atoms with Gasteiger partial charge >= 0.3 is 0 Å². The number of fused-ring (bicyclic) bond motifs is 1. The maximum absolute atomic E-state index is 13.2. The molecule has 4 nitrogen and oxygen atoms in total. The molecule has 0 saturated carbocycles. The Balaban J connectivity index is 2.17. The first kappa shape index (κ1) is 10.2. The van der Waals surface area contributed by atoms with E-state index < -0.39 is 0 Å². The standard InChI is InChI=1S/C11H8FN3OS/c12-7-1-2-9-10(5-7)15(11(17)14-9)6-8-3-4-13-16-8/h1-5H,6H2,(H,14,17). The Morgan fingerprint density at radius 2 is 2.29 bits per heavy atom. The summed E-state index contributed by atoms with van der Waals surface area (Å²) in [6, 6.07) is 6.25. The Kier molecular flexibility index (Phi) is 2.29. The molecule has 0 aliphatic rings. The quantitative estimate of drug-likeness (QED) is 0.710. The fraction of sp³-hybridized carbons (Fsp3) is 0.0909. The number of hydrogen-bond acceptors (Lipinski definition) is 3. The smallest absolute Gasteiger partial charge is 0.178 e. The number of aromatic nitrogens is 3. The van der Waals surface area contributed by atoms with E-state index in [-0.39, 0.29) is 5.82 Å². The second-order valence-corrected chi connectivity index (χ2v) is 4.04. The average molecular weight is 249 g/mol. The van der Waals surface area contributed by atoms with E-state index in [1.807, 2.05) is 0 Å². The molecule has 1 N–H and O–H groups in total. The fourth-order valence-corrected chi connectivity index (χ4v) is 2.04. The van der Waals surface area contributed by atoms with E-state index in [0.717, 1.165) is 5.52 Å². The lowest BCUT2D eigenvalue weighted by Gasteiger charge is -2.00. The van der Waals surface area contributed by atoms with Gasteiger partial charge in [-0.3, -0.25) is 0 Å². The number of benzene rings is 1. The van der Waals surface area contributed by atoms with E-state index in [1.165, 1.54) is 12.1 Å². The molecule has 0 fully saturated rings. The molecule has 0 spiro atoms. The van der Waals surface area contributed by atoms with E-state index >= 15 is 0 Å². The maximum Gasteiger partial charge on any atom is 0.178 e. The SMILES string of the molecule is Fc1ccc2[nH]c(=S)n(Cc3ccno3)c2c1. The summed E-state index contributed by atoms with van der Waals surface area (Å²) in [7, 11) is 0. The topological polar surface area (TPSA) is 46.8 Å². The number of rotatable bonds is 2. The van der Waals surface area contributed by atoms with Gasteiger partial charge in [0.1, 0.15) is 5.82 Å². The summed E-state index contributed by atoms with van der Waals surface area (Å²) in [5.74, 6) is 0.379. The molecule has 0 unspecified atom stereocenters. The van der Waals surface area contributed by atoms with E-state index in [1.54, 1.807) is 22.9 Å². The van der Waals surface area contributed by atoms with Gasteiger partial charge in [0.2, 0.25) is 0 Å². The van der Waals surface area contributed by atoms with Crippen LogP contribution in [0.2, 0.25) is 0 Å². The third-order valence-corrected chi connectivity index (χ3v) is 2.86. The van der Waals surface area contributed by atoms with Crippen molar-refractivity contribution < 1.29 is 8.91 Å². The summed E-state index contributed by atoms with van der Waals surface area (Å²) in [5, 5.41) is 3.62. The number of nitrogens with one attached hydrogen (secondary N) is 1. The van der Waals surface area contributed by atoms with Gasteiger partial charge in [0.05, 0.1) is 23.8 Å². The molecular formula is C11H8FN3OS. The molecule has 3 rings (SSSR count). The zero-order chi connectivity index (χ0) is 11.8. The van der Waals surface area contributed by atoms with Crippen molar-refractivity contribution in [3.8, 4) is 0 Å². The van der Waals surface area contributed by atoms with Crippen molar-refractivity contribution in [2.45, 2.75) is 6.54 Å². The van der Waals surface area contributed by atoms with E-state index in [4.69, 9.17) is 16.7 Å². The van der Waals surface area contributed by atoms with Crippen molar-refractivity contribution in [1.82, 2.24) is 14.7 Å². The minimum absolute atomic E-state index is 0.294. The summed E-state index contributed by atoms with van der Waals surface area (Å²) in [4.78, 5) is 3.02. The molecule has 2 heterocycles. The fourth-order valence-electron chi connectivity index (χ4n) is 1.76. The highest BCUT2D eigenvalue weighted by atomic mass is 32.1. The Hall–Kier alpha value is -1.95. The van der Waals surface area contributed by atoms with Gasteiger partial charge in [0, 0.05) is 6.07 Å². The third-order valence-electron chi connectivity index (χ3n) is 2.54. The van der Waals surface area contributed by atoms with Gasteiger partial charge in [0.25, 0.3) is 0 Å². The highest BCUT2D eigenvalue weighted by Crippen LogP contribution is 2.17. The van der Waals surface area contributed by atoms with Crippen LogP contribution in [0.15, 0.2) is 35.0 Å². The molecule has 86 valence electrons. The lowest BCUT2D eigenvalue weighted by atomic mass is 10.3. The molecular weight excluding hydrogens is 241 g/mol. The van der Waals surface area contributed by atoms with Gasteiger partial charge in [-0.2, -0.15) is 0 Å². The number of H-pyrrole nitrogens is 1. The van der Waals surface area contributed by atoms with Gasteiger partial charge in [-0.25, -0.2) is 4.39 Å². The summed E-state index contributed by atoms with van der Waals surface area (Å²) >= 11 is 5.19. The normalized spacial score (nSPS) is 11.1. The predicted molar refractivity (Wildman–Crippen MR) is 62.7 cm³/mol. The zero-order valence-electron chi connectivity index (χ0n) is 8.68. The van der Waals surface area contributed by atoms with Gasteiger partial charge in [-0.05, 0) is 30.4 Å². The summed E-state index contributed by atoms with van der Waals surface area (Å²) in [6.45, 7) is 0.433. The van der Waals surface area contributed by atoms with Crippen LogP contribution < -0.4 is 0 Å². The second-order valence-electron chi connectivity index (χ2n) is 3.66. The highest BCUT2D eigenvalue weighted by molar-refractivity contribution is 7.71. The van der Waals surface area contributed by atoms with Crippen molar-refractivity contribution in [2.24, 2.45) is 0 Å². The molecule has 0 saturated heterocycles. The summed E-state index contributed by atoms with van der Waals surface area (Å²) in [6.07, 6.45) is 1.56. The Bertz CT molecular complexity index is 714. The minimum Gasteiger partial charge on any atom is -0.359 e. The van der Waals surface area contributed by atoms with Crippen LogP contribution in [0.3, 0.4) is 0 Å². The molecule has 0 aliphatic heterocycles. The first-order valence-corrected chi connectivity index (χ1v) is 5.42. The summed E-state index contributed by atoms with van der Waals surface area (Å²) < 4.78 is 20.5. The van der Waals surface area contributed by atoms with Crippen molar-refractivity contribution in [2.75, 3.05) is 0 Å². The summed E-state index contributed by atoms with van der Waals surface area (Å²) in [5.41, 5.74) is 1.52. The Morgan fingerprint density at radius 3 is 3.06 bits per heavy atom. The number of imidazole rings is 1. The van der Waals surface area contributed by atoms with Gasteiger partial charge in [0.15, 0.2) is 10.5 Å². The van der Waals surface area contributed by atoms with Gasteiger partial charge in [-0.15, -0.1) is 0 Å². The third kappa shape index (κ3) is 1.76. The van der Waals surface area contributed by atoms with E-state index in [0.29, 0.717) is 22.6 Å². The molecule has 0 amide bonds. The van der Waals surface area contributed by atoms with Crippen LogP contribution >= 0.6 is 12.2 Å². The first-order valence-electron chi connectivity index (χ1n) is 5.02. The van der Waals surface area contributed by atoms with Crippen LogP contribution in [0.1, 0.15) is 5.76 Å². The maximum atomic E-state index is 13.2. The lowest BCUT2D eigenvalue weighted by molar-refractivity contribution is 0.377. The molecule has 1 aromatic carbocycles. The molecule has 0 radical (unpaired) electrons.